The number of likely N-dealkylation sites (N-methyl/N-ethyl adjacent to an activating group) is 1. The van der Waals surface area contributed by atoms with Gasteiger partial charge in [-0.15, -0.1) is 0 Å². The third-order valence-corrected chi connectivity index (χ3v) is 4.06. The molecule has 2 heteroatoms. The molecule has 0 amide bonds. The number of carbonyl (C=O) groups is 1. The molecule has 0 atom stereocenters. The van der Waals surface area contributed by atoms with Crippen molar-refractivity contribution >= 4 is 6.29 Å². The van der Waals surface area contributed by atoms with E-state index < -0.39 is 0 Å². The summed E-state index contributed by atoms with van der Waals surface area (Å²) in [5, 5.41) is 0. The third-order valence-electron chi connectivity index (χ3n) is 4.06. The third kappa shape index (κ3) is 3.42. The molecule has 0 N–H and O–H groups in total. The van der Waals surface area contributed by atoms with Crippen LogP contribution in [0.1, 0.15) is 31.2 Å². The summed E-state index contributed by atoms with van der Waals surface area (Å²) in [6, 6.07) is 10.5. The fourth-order valence-electron chi connectivity index (χ4n) is 2.97. The molecule has 18 heavy (non-hydrogen) atoms. The van der Waals surface area contributed by atoms with Crippen molar-refractivity contribution < 1.29 is 4.79 Å². The molecular weight excluding hydrogens is 222 g/mol. The first-order valence-corrected chi connectivity index (χ1v) is 6.93. The molecule has 0 bridgehead atoms. The molecule has 2 nitrogen and oxygen atoms in total. The quantitative estimate of drug-likeness (QED) is 0.718. The second-order valence-corrected chi connectivity index (χ2v) is 5.66. The van der Waals surface area contributed by atoms with E-state index in [1.807, 2.05) is 6.07 Å². The molecule has 2 rings (SSSR count). The van der Waals surface area contributed by atoms with Crippen LogP contribution in [0.4, 0.5) is 0 Å². The van der Waals surface area contributed by atoms with Crippen LogP contribution >= 0.6 is 0 Å². The highest BCUT2D eigenvalue weighted by Gasteiger charge is 2.34. The van der Waals surface area contributed by atoms with Crippen LogP contribution in [0.2, 0.25) is 0 Å². The summed E-state index contributed by atoms with van der Waals surface area (Å²) >= 11 is 0. The van der Waals surface area contributed by atoms with Crippen LogP contribution in [0.3, 0.4) is 0 Å². The van der Waals surface area contributed by atoms with Gasteiger partial charge in [0.1, 0.15) is 6.29 Å². The van der Waals surface area contributed by atoms with E-state index >= 15 is 0 Å². The molecule has 0 saturated heterocycles. The fraction of sp³-hybridized carbons (Fsp3) is 0.562. The summed E-state index contributed by atoms with van der Waals surface area (Å²) in [6.07, 6.45) is 6.85. The lowest BCUT2D eigenvalue weighted by Gasteiger charge is -2.28. The predicted molar refractivity (Wildman–Crippen MR) is 74.6 cm³/mol. The van der Waals surface area contributed by atoms with Gasteiger partial charge in [0, 0.05) is 18.5 Å². The summed E-state index contributed by atoms with van der Waals surface area (Å²) in [5.41, 5.74) is 1.32. The molecule has 0 heterocycles. The first kappa shape index (κ1) is 13.3. The average molecular weight is 245 g/mol. The Kier molecular flexibility index (Phi) is 4.54. The van der Waals surface area contributed by atoms with Crippen LogP contribution in [0.5, 0.6) is 0 Å². The highest BCUT2D eigenvalue weighted by Crippen LogP contribution is 2.36. The number of aldehydes is 1. The van der Waals surface area contributed by atoms with Crippen molar-refractivity contribution in [3.8, 4) is 0 Å². The normalized spacial score (nSPS) is 18.1. The molecule has 1 aliphatic rings. The van der Waals surface area contributed by atoms with Crippen molar-refractivity contribution in [2.45, 2.75) is 32.1 Å². The maximum atomic E-state index is 11.3. The maximum Gasteiger partial charge on any atom is 0.127 e. The average Bonchev–Trinajstić information content (AvgIpc) is 2.87. The van der Waals surface area contributed by atoms with Crippen LogP contribution in [0, 0.1) is 5.41 Å². The Morgan fingerprint density at radius 2 is 1.89 bits per heavy atom. The van der Waals surface area contributed by atoms with Gasteiger partial charge in [0.05, 0.1) is 0 Å². The molecule has 0 radical (unpaired) electrons. The fourth-order valence-corrected chi connectivity index (χ4v) is 2.97. The van der Waals surface area contributed by atoms with Crippen LogP contribution in [-0.4, -0.2) is 31.3 Å². The second kappa shape index (κ2) is 6.14. The van der Waals surface area contributed by atoms with Crippen LogP contribution in [0.25, 0.3) is 0 Å². The minimum Gasteiger partial charge on any atom is -0.305 e. The van der Waals surface area contributed by atoms with E-state index in [0.717, 1.165) is 32.4 Å². The van der Waals surface area contributed by atoms with Crippen molar-refractivity contribution in [1.29, 1.82) is 0 Å². The number of hydrogen-bond donors (Lipinski definition) is 0. The Balaban J connectivity index is 1.81. The Morgan fingerprint density at radius 1 is 1.22 bits per heavy atom. The zero-order valence-corrected chi connectivity index (χ0v) is 11.3. The smallest absolute Gasteiger partial charge is 0.127 e. The molecule has 0 aliphatic heterocycles. The molecule has 98 valence electrons. The molecule has 0 unspecified atom stereocenters. The number of rotatable bonds is 6. The highest BCUT2D eigenvalue weighted by atomic mass is 16.1. The highest BCUT2D eigenvalue weighted by molar-refractivity contribution is 5.60. The number of nitrogens with zero attached hydrogens (tertiary/aromatic N) is 1. The molecule has 1 fully saturated rings. The van der Waals surface area contributed by atoms with Crippen LogP contribution < -0.4 is 0 Å². The van der Waals surface area contributed by atoms with E-state index in [1.54, 1.807) is 0 Å². The van der Waals surface area contributed by atoms with Gasteiger partial charge in [0.15, 0.2) is 0 Å². The number of hydrogen-bond acceptors (Lipinski definition) is 2. The van der Waals surface area contributed by atoms with Gasteiger partial charge in [-0.05, 0) is 31.9 Å². The monoisotopic (exact) mass is 245 g/mol. The van der Waals surface area contributed by atoms with Crippen molar-refractivity contribution in [3.63, 3.8) is 0 Å². The first-order valence-electron chi connectivity index (χ1n) is 6.93. The van der Waals surface area contributed by atoms with E-state index in [0.29, 0.717) is 0 Å². The Bertz CT molecular complexity index is 368. The van der Waals surface area contributed by atoms with Gasteiger partial charge in [0.25, 0.3) is 0 Å². The first-order chi connectivity index (χ1) is 8.74. The van der Waals surface area contributed by atoms with E-state index in [-0.39, 0.29) is 5.41 Å². The van der Waals surface area contributed by atoms with E-state index in [4.69, 9.17) is 0 Å². The van der Waals surface area contributed by atoms with E-state index in [2.05, 4.69) is 36.2 Å². The zero-order valence-electron chi connectivity index (χ0n) is 11.3. The zero-order chi connectivity index (χ0) is 12.8. The number of benzene rings is 1. The lowest BCUT2D eigenvalue weighted by Crippen LogP contribution is -2.36. The second-order valence-electron chi connectivity index (χ2n) is 5.66. The topological polar surface area (TPSA) is 20.3 Å². The van der Waals surface area contributed by atoms with Gasteiger partial charge in [-0.25, -0.2) is 0 Å². The summed E-state index contributed by atoms with van der Waals surface area (Å²) in [4.78, 5) is 13.6. The minimum atomic E-state index is -0.0502. The van der Waals surface area contributed by atoms with E-state index in [9.17, 15) is 4.79 Å². The summed E-state index contributed by atoms with van der Waals surface area (Å²) in [5.74, 6) is 0. The molecular formula is C16H23NO. The SMILES string of the molecule is CN(CCc1ccccc1)CC1(C=O)CCCC1. The predicted octanol–water partition coefficient (Wildman–Crippen LogP) is 2.92. The van der Waals surface area contributed by atoms with Crippen molar-refractivity contribution in [3.05, 3.63) is 35.9 Å². The molecule has 1 aromatic rings. The van der Waals surface area contributed by atoms with Crippen molar-refractivity contribution in [2.24, 2.45) is 5.41 Å². The van der Waals surface area contributed by atoms with Gasteiger partial charge in [-0.2, -0.15) is 0 Å². The molecule has 1 aliphatic carbocycles. The summed E-state index contributed by atoms with van der Waals surface area (Å²) in [7, 11) is 2.13. The molecule has 0 spiro atoms. The molecule has 0 aromatic heterocycles. The Morgan fingerprint density at radius 3 is 2.50 bits per heavy atom. The summed E-state index contributed by atoms with van der Waals surface area (Å²) < 4.78 is 0. The van der Waals surface area contributed by atoms with Crippen molar-refractivity contribution in [1.82, 2.24) is 4.90 Å². The lowest BCUT2D eigenvalue weighted by atomic mass is 9.87. The number of carbonyl (C=O) groups excluding carboxylic acids is 1. The molecule has 1 saturated carbocycles. The van der Waals surface area contributed by atoms with Gasteiger partial charge >= 0.3 is 0 Å². The van der Waals surface area contributed by atoms with Gasteiger partial charge in [-0.3, -0.25) is 0 Å². The van der Waals surface area contributed by atoms with Crippen molar-refractivity contribution in [2.75, 3.05) is 20.1 Å². The molecule has 1 aromatic carbocycles. The largest absolute Gasteiger partial charge is 0.305 e. The lowest BCUT2D eigenvalue weighted by molar-refractivity contribution is -0.116. The maximum absolute atomic E-state index is 11.3. The Labute approximate surface area is 110 Å². The van der Waals surface area contributed by atoms with Gasteiger partial charge in [-0.1, -0.05) is 43.2 Å². The Hall–Kier alpha value is -1.15. The summed E-state index contributed by atoms with van der Waals surface area (Å²) in [6.45, 7) is 1.95. The standard InChI is InChI=1S/C16H23NO/c1-17(12-9-15-7-3-2-4-8-15)13-16(14-18)10-5-6-11-16/h2-4,7-8,14H,5-6,9-13H2,1H3. The van der Waals surface area contributed by atoms with Crippen LogP contribution in [-0.2, 0) is 11.2 Å². The van der Waals surface area contributed by atoms with E-state index in [1.165, 1.54) is 24.7 Å². The van der Waals surface area contributed by atoms with Gasteiger partial charge < -0.3 is 9.69 Å². The van der Waals surface area contributed by atoms with Gasteiger partial charge in [0.2, 0.25) is 0 Å². The van der Waals surface area contributed by atoms with Crippen LogP contribution in [0.15, 0.2) is 30.3 Å². The minimum absolute atomic E-state index is 0.0502.